The Morgan fingerprint density at radius 1 is 1.24 bits per heavy atom. The van der Waals surface area contributed by atoms with E-state index in [0.29, 0.717) is 17.1 Å². The van der Waals surface area contributed by atoms with Crippen LogP contribution in [0, 0.1) is 5.82 Å². The molecule has 0 bridgehead atoms. The molecule has 1 heterocycles. The molecule has 2 rings (SSSR count). The Morgan fingerprint density at radius 2 is 1.95 bits per heavy atom. The van der Waals surface area contributed by atoms with E-state index >= 15 is 0 Å². The molecular formula is C14H12Cl2FN3O. The van der Waals surface area contributed by atoms with Crippen LogP contribution >= 0.6 is 23.2 Å². The van der Waals surface area contributed by atoms with Gasteiger partial charge < -0.3 is 10.2 Å². The summed E-state index contributed by atoms with van der Waals surface area (Å²) in [6.45, 7) is 0. The monoisotopic (exact) mass is 327 g/mol. The Kier molecular flexibility index (Phi) is 4.65. The van der Waals surface area contributed by atoms with Gasteiger partial charge in [-0.3, -0.25) is 4.79 Å². The third-order valence-electron chi connectivity index (χ3n) is 2.68. The Balaban J connectivity index is 2.25. The number of carbonyl (C=O) groups excluding carboxylic acids is 1. The molecule has 1 N–H and O–H groups in total. The van der Waals surface area contributed by atoms with E-state index in [1.54, 1.807) is 25.1 Å². The maximum Gasteiger partial charge on any atom is 0.255 e. The van der Waals surface area contributed by atoms with E-state index in [9.17, 15) is 9.18 Å². The lowest BCUT2D eigenvalue weighted by atomic mass is 10.2. The second-order valence-corrected chi connectivity index (χ2v) is 5.31. The fourth-order valence-electron chi connectivity index (χ4n) is 1.62. The summed E-state index contributed by atoms with van der Waals surface area (Å²) >= 11 is 11.6. The maximum absolute atomic E-state index is 13.1. The van der Waals surface area contributed by atoms with Crippen LogP contribution in [0.25, 0.3) is 0 Å². The molecule has 0 radical (unpaired) electrons. The second-order valence-electron chi connectivity index (χ2n) is 4.51. The first kappa shape index (κ1) is 15.5. The van der Waals surface area contributed by atoms with Gasteiger partial charge in [-0.05, 0) is 30.3 Å². The molecule has 2 aromatic rings. The number of aromatic nitrogens is 1. The van der Waals surface area contributed by atoms with E-state index in [0.717, 1.165) is 0 Å². The number of nitrogens with zero attached hydrogens (tertiary/aromatic N) is 2. The number of nitrogens with one attached hydrogen (secondary N) is 1. The average Bonchev–Trinajstić information content (AvgIpc) is 2.42. The van der Waals surface area contributed by atoms with Crippen LogP contribution in [0.2, 0.25) is 10.2 Å². The van der Waals surface area contributed by atoms with Crippen molar-refractivity contribution in [2.75, 3.05) is 24.3 Å². The molecule has 0 saturated heterocycles. The molecule has 7 heteroatoms. The summed E-state index contributed by atoms with van der Waals surface area (Å²) in [6, 6.07) is 7.00. The van der Waals surface area contributed by atoms with E-state index in [4.69, 9.17) is 23.2 Å². The van der Waals surface area contributed by atoms with Crippen LogP contribution in [0.1, 0.15) is 10.4 Å². The summed E-state index contributed by atoms with van der Waals surface area (Å²) in [5.74, 6) is -0.369. The number of benzene rings is 1. The molecule has 0 spiro atoms. The Morgan fingerprint density at radius 3 is 2.57 bits per heavy atom. The first-order valence-electron chi connectivity index (χ1n) is 5.98. The van der Waals surface area contributed by atoms with Crippen molar-refractivity contribution in [1.82, 2.24) is 4.98 Å². The van der Waals surface area contributed by atoms with Gasteiger partial charge in [-0.2, -0.15) is 0 Å². The quantitative estimate of drug-likeness (QED) is 0.871. The van der Waals surface area contributed by atoms with Gasteiger partial charge in [-0.25, -0.2) is 9.37 Å². The minimum Gasteiger partial charge on any atom is -0.363 e. The summed E-state index contributed by atoms with van der Waals surface area (Å²) in [6.07, 6.45) is 0. The number of anilines is 2. The lowest BCUT2D eigenvalue weighted by Crippen LogP contribution is -2.15. The summed E-state index contributed by atoms with van der Waals surface area (Å²) in [4.78, 5) is 18.0. The Hall–Kier alpha value is -1.85. The van der Waals surface area contributed by atoms with Crippen molar-refractivity contribution in [3.63, 3.8) is 0 Å². The van der Waals surface area contributed by atoms with E-state index in [-0.39, 0.29) is 16.1 Å². The normalized spacial score (nSPS) is 10.3. The molecule has 1 aromatic carbocycles. The standard InChI is InChI=1S/C14H12Cl2FN3O/c1-20(2)13-6-8(5-12(16)19-13)14(21)18-9-3-4-11(17)10(15)7-9/h3-7H,1-2H3,(H,18,21). The van der Waals surface area contributed by atoms with E-state index in [1.165, 1.54) is 24.3 Å². The molecule has 0 aliphatic rings. The van der Waals surface area contributed by atoms with Crippen LogP contribution in [0.4, 0.5) is 15.9 Å². The SMILES string of the molecule is CN(C)c1cc(C(=O)Nc2ccc(F)c(Cl)c2)cc(Cl)n1. The van der Waals surface area contributed by atoms with Crippen molar-refractivity contribution in [3.8, 4) is 0 Å². The van der Waals surface area contributed by atoms with Crippen molar-refractivity contribution in [2.45, 2.75) is 0 Å². The van der Waals surface area contributed by atoms with Gasteiger partial charge in [0, 0.05) is 25.3 Å². The van der Waals surface area contributed by atoms with Crippen LogP contribution in [0.15, 0.2) is 30.3 Å². The van der Waals surface area contributed by atoms with E-state index < -0.39 is 5.82 Å². The van der Waals surface area contributed by atoms with Crippen LogP contribution in [0.3, 0.4) is 0 Å². The van der Waals surface area contributed by atoms with Gasteiger partial charge >= 0.3 is 0 Å². The van der Waals surface area contributed by atoms with Crippen molar-refractivity contribution < 1.29 is 9.18 Å². The fraction of sp³-hybridized carbons (Fsp3) is 0.143. The second kappa shape index (κ2) is 6.28. The molecule has 4 nitrogen and oxygen atoms in total. The number of rotatable bonds is 3. The zero-order valence-corrected chi connectivity index (χ0v) is 12.8. The topological polar surface area (TPSA) is 45.2 Å². The van der Waals surface area contributed by atoms with Crippen LogP contribution < -0.4 is 10.2 Å². The zero-order valence-electron chi connectivity index (χ0n) is 11.3. The first-order valence-corrected chi connectivity index (χ1v) is 6.73. The van der Waals surface area contributed by atoms with Crippen LogP contribution in [-0.2, 0) is 0 Å². The molecule has 0 saturated carbocycles. The van der Waals surface area contributed by atoms with Gasteiger partial charge in [0.2, 0.25) is 0 Å². The number of halogens is 3. The molecule has 21 heavy (non-hydrogen) atoms. The number of pyridine rings is 1. The van der Waals surface area contributed by atoms with Gasteiger partial charge in [-0.1, -0.05) is 23.2 Å². The molecule has 0 fully saturated rings. The molecule has 0 unspecified atom stereocenters. The van der Waals surface area contributed by atoms with Crippen molar-refractivity contribution in [1.29, 1.82) is 0 Å². The van der Waals surface area contributed by atoms with Gasteiger partial charge in [0.05, 0.1) is 5.02 Å². The maximum atomic E-state index is 13.1. The molecular weight excluding hydrogens is 316 g/mol. The lowest BCUT2D eigenvalue weighted by molar-refractivity contribution is 0.102. The lowest BCUT2D eigenvalue weighted by Gasteiger charge is -2.13. The highest BCUT2D eigenvalue weighted by molar-refractivity contribution is 6.31. The molecule has 0 aliphatic heterocycles. The molecule has 0 aliphatic carbocycles. The molecule has 110 valence electrons. The average molecular weight is 328 g/mol. The predicted octanol–water partition coefficient (Wildman–Crippen LogP) is 3.85. The van der Waals surface area contributed by atoms with Crippen LogP contribution in [-0.4, -0.2) is 25.0 Å². The molecule has 1 amide bonds. The third-order valence-corrected chi connectivity index (χ3v) is 3.16. The predicted molar refractivity (Wildman–Crippen MR) is 82.9 cm³/mol. The highest BCUT2D eigenvalue weighted by Gasteiger charge is 2.11. The Bertz CT molecular complexity index is 692. The van der Waals surface area contributed by atoms with Gasteiger partial charge in [0.25, 0.3) is 5.91 Å². The highest BCUT2D eigenvalue weighted by atomic mass is 35.5. The first-order chi connectivity index (χ1) is 9.86. The molecule has 0 atom stereocenters. The number of amides is 1. The zero-order chi connectivity index (χ0) is 15.6. The number of hydrogen-bond donors (Lipinski definition) is 1. The summed E-state index contributed by atoms with van der Waals surface area (Å²) < 4.78 is 13.1. The van der Waals surface area contributed by atoms with E-state index in [1.807, 2.05) is 0 Å². The van der Waals surface area contributed by atoms with Crippen LogP contribution in [0.5, 0.6) is 0 Å². The summed E-state index contributed by atoms with van der Waals surface area (Å²) in [5, 5.41) is 2.78. The van der Waals surface area contributed by atoms with Crippen molar-refractivity contribution in [3.05, 3.63) is 51.9 Å². The largest absolute Gasteiger partial charge is 0.363 e. The number of carbonyl (C=O) groups is 1. The summed E-state index contributed by atoms with van der Waals surface area (Å²) in [5.41, 5.74) is 0.741. The smallest absolute Gasteiger partial charge is 0.255 e. The molecule has 1 aromatic heterocycles. The van der Waals surface area contributed by atoms with Gasteiger partial charge in [-0.15, -0.1) is 0 Å². The van der Waals surface area contributed by atoms with Gasteiger partial charge in [0.15, 0.2) is 0 Å². The van der Waals surface area contributed by atoms with Crippen molar-refractivity contribution >= 4 is 40.6 Å². The minimum atomic E-state index is -0.545. The van der Waals surface area contributed by atoms with Crippen molar-refractivity contribution in [2.24, 2.45) is 0 Å². The van der Waals surface area contributed by atoms with Gasteiger partial charge in [0.1, 0.15) is 16.8 Å². The highest BCUT2D eigenvalue weighted by Crippen LogP contribution is 2.21. The van der Waals surface area contributed by atoms with E-state index in [2.05, 4.69) is 10.3 Å². The Labute approximate surface area is 131 Å². The third kappa shape index (κ3) is 3.83. The minimum absolute atomic E-state index is 0.0606. The number of hydrogen-bond acceptors (Lipinski definition) is 3. The fourth-order valence-corrected chi connectivity index (χ4v) is 2.01. The summed E-state index contributed by atoms with van der Waals surface area (Å²) in [7, 11) is 3.58.